The van der Waals surface area contributed by atoms with Crippen LogP contribution in [0.4, 0.5) is 0 Å². The van der Waals surface area contributed by atoms with Crippen LogP contribution in [0.5, 0.6) is 5.75 Å². The number of phenolic OH excluding ortho intramolecular Hbond substituents is 1. The van der Waals surface area contributed by atoms with Gasteiger partial charge in [0.05, 0.1) is 11.6 Å². The number of carboxylic acid groups (broad SMARTS) is 1. The summed E-state index contributed by atoms with van der Waals surface area (Å²) in [6.07, 6.45) is 3.43. The smallest absolute Gasteiger partial charge is 0.328 e. The summed E-state index contributed by atoms with van der Waals surface area (Å²) in [5.74, 6) is -0.790. The molecule has 0 aromatic heterocycles. The van der Waals surface area contributed by atoms with Crippen LogP contribution in [-0.2, 0) is 4.79 Å². The highest BCUT2D eigenvalue weighted by Crippen LogP contribution is 2.35. The lowest BCUT2D eigenvalue weighted by molar-refractivity contribution is -0.131. The average Bonchev–Trinajstić information content (AvgIpc) is 2.77. The molecule has 0 aliphatic rings. The molecule has 0 atom stereocenters. The number of benzene rings is 3. The molecule has 0 aliphatic heterocycles. The SMILES string of the molecule is CC/C(=C(\c1ccc(O)cc1)c1ccc(/C=C/C(=O)O)cc1)c1ccc(C#N)cc1. The van der Waals surface area contributed by atoms with Crippen LogP contribution in [0.2, 0.25) is 0 Å². The van der Waals surface area contributed by atoms with Crippen molar-refractivity contribution in [1.29, 1.82) is 5.26 Å². The Balaban J connectivity index is 2.16. The van der Waals surface area contributed by atoms with E-state index in [-0.39, 0.29) is 5.75 Å². The van der Waals surface area contributed by atoms with Crippen LogP contribution >= 0.6 is 0 Å². The molecule has 0 saturated carbocycles. The van der Waals surface area contributed by atoms with Gasteiger partial charge in [-0.2, -0.15) is 5.26 Å². The maximum atomic E-state index is 10.8. The average molecular weight is 395 g/mol. The zero-order chi connectivity index (χ0) is 21.5. The lowest BCUT2D eigenvalue weighted by Crippen LogP contribution is -1.95. The number of carboxylic acids is 1. The number of rotatable bonds is 6. The minimum Gasteiger partial charge on any atom is -0.508 e. The molecular weight excluding hydrogens is 374 g/mol. The Kier molecular flexibility index (Phi) is 6.46. The highest BCUT2D eigenvalue weighted by molar-refractivity contribution is 5.98. The van der Waals surface area contributed by atoms with Crippen molar-refractivity contribution in [1.82, 2.24) is 0 Å². The maximum Gasteiger partial charge on any atom is 0.328 e. The standard InChI is InChI=1S/C26H21NO3/c1-2-24(20-8-5-19(17-27)6-9-20)26(22-12-14-23(28)15-13-22)21-10-3-18(4-11-21)7-16-25(29)30/h3-16,28H,2H2,1H3,(H,29,30)/b16-7+,26-24+. The highest BCUT2D eigenvalue weighted by atomic mass is 16.4. The van der Waals surface area contributed by atoms with Crippen molar-refractivity contribution in [2.24, 2.45) is 0 Å². The van der Waals surface area contributed by atoms with Crippen molar-refractivity contribution in [3.05, 3.63) is 107 Å². The molecule has 2 N–H and O–H groups in total. The quantitative estimate of drug-likeness (QED) is 0.412. The van der Waals surface area contributed by atoms with E-state index in [0.29, 0.717) is 5.56 Å². The number of nitriles is 1. The summed E-state index contributed by atoms with van der Waals surface area (Å²) in [4.78, 5) is 10.8. The van der Waals surface area contributed by atoms with Crippen molar-refractivity contribution < 1.29 is 15.0 Å². The summed E-state index contributed by atoms with van der Waals surface area (Å²) in [6.45, 7) is 2.08. The third-order valence-electron chi connectivity index (χ3n) is 4.79. The maximum absolute atomic E-state index is 10.8. The second kappa shape index (κ2) is 9.40. The molecule has 0 bridgehead atoms. The van der Waals surface area contributed by atoms with Gasteiger partial charge in [-0.15, -0.1) is 0 Å². The van der Waals surface area contributed by atoms with Gasteiger partial charge in [-0.25, -0.2) is 4.79 Å². The van der Waals surface area contributed by atoms with Gasteiger partial charge < -0.3 is 10.2 Å². The summed E-state index contributed by atoms with van der Waals surface area (Å²) >= 11 is 0. The molecule has 0 heterocycles. The summed E-state index contributed by atoms with van der Waals surface area (Å²) < 4.78 is 0. The summed E-state index contributed by atoms with van der Waals surface area (Å²) in [6, 6.07) is 24.4. The van der Waals surface area contributed by atoms with Gasteiger partial charge in [-0.3, -0.25) is 0 Å². The number of phenols is 1. The van der Waals surface area contributed by atoms with E-state index in [2.05, 4.69) is 13.0 Å². The van der Waals surface area contributed by atoms with Crippen molar-refractivity contribution in [3.8, 4) is 11.8 Å². The lowest BCUT2D eigenvalue weighted by atomic mass is 9.87. The second-order valence-corrected chi connectivity index (χ2v) is 6.74. The largest absolute Gasteiger partial charge is 0.508 e. The Bertz CT molecular complexity index is 1130. The number of aromatic hydroxyl groups is 1. The van der Waals surface area contributed by atoms with Gasteiger partial charge in [-0.05, 0) is 70.2 Å². The molecule has 0 spiro atoms. The minimum absolute atomic E-state index is 0.198. The molecule has 0 unspecified atom stereocenters. The Morgan fingerprint density at radius 1 is 0.900 bits per heavy atom. The molecule has 4 heteroatoms. The van der Waals surface area contributed by atoms with Crippen molar-refractivity contribution >= 4 is 23.2 Å². The fraction of sp³-hybridized carbons (Fsp3) is 0.0769. The van der Waals surface area contributed by atoms with Gasteiger partial charge in [0.25, 0.3) is 0 Å². The summed E-state index contributed by atoms with van der Waals surface area (Å²) in [5, 5.41) is 27.6. The first kappa shape index (κ1) is 20.6. The van der Waals surface area contributed by atoms with Crippen LogP contribution in [0, 0.1) is 11.3 Å². The third kappa shape index (κ3) is 4.84. The topological polar surface area (TPSA) is 81.3 Å². The predicted octanol–water partition coefficient (Wildman–Crippen LogP) is 5.73. The number of hydrogen-bond donors (Lipinski definition) is 2. The monoisotopic (exact) mass is 395 g/mol. The lowest BCUT2D eigenvalue weighted by Gasteiger charge is -2.17. The first-order valence-electron chi connectivity index (χ1n) is 9.56. The van der Waals surface area contributed by atoms with Crippen LogP contribution in [0.3, 0.4) is 0 Å². The Hall–Kier alpha value is -4.10. The van der Waals surface area contributed by atoms with E-state index >= 15 is 0 Å². The number of hydrogen-bond acceptors (Lipinski definition) is 3. The molecule has 3 aromatic rings. The molecular formula is C26H21NO3. The van der Waals surface area contributed by atoms with Gasteiger partial charge >= 0.3 is 5.97 Å². The van der Waals surface area contributed by atoms with Crippen molar-refractivity contribution in [2.45, 2.75) is 13.3 Å². The van der Waals surface area contributed by atoms with Gasteiger partial charge in [-0.1, -0.05) is 55.5 Å². The van der Waals surface area contributed by atoms with E-state index in [1.54, 1.807) is 30.3 Å². The van der Waals surface area contributed by atoms with E-state index < -0.39 is 5.97 Å². The van der Waals surface area contributed by atoms with E-state index in [1.807, 2.05) is 48.5 Å². The van der Waals surface area contributed by atoms with Gasteiger partial charge in [0.1, 0.15) is 5.75 Å². The van der Waals surface area contributed by atoms with Crippen LogP contribution in [0.25, 0.3) is 17.2 Å². The molecule has 0 aliphatic carbocycles. The van der Waals surface area contributed by atoms with Crippen molar-refractivity contribution in [3.63, 3.8) is 0 Å². The van der Waals surface area contributed by atoms with Gasteiger partial charge in [0.15, 0.2) is 0 Å². The van der Waals surface area contributed by atoms with Crippen LogP contribution < -0.4 is 0 Å². The van der Waals surface area contributed by atoms with Crippen molar-refractivity contribution in [2.75, 3.05) is 0 Å². The van der Waals surface area contributed by atoms with Crippen LogP contribution in [0.1, 0.15) is 41.2 Å². The Labute approximate surface area is 175 Å². The first-order chi connectivity index (χ1) is 14.5. The zero-order valence-electron chi connectivity index (χ0n) is 16.5. The van der Waals surface area contributed by atoms with Gasteiger partial charge in [0.2, 0.25) is 0 Å². The normalized spacial score (nSPS) is 11.7. The summed E-state index contributed by atoms with van der Waals surface area (Å²) in [5.41, 5.74) is 6.50. The third-order valence-corrected chi connectivity index (χ3v) is 4.79. The Morgan fingerprint density at radius 3 is 1.93 bits per heavy atom. The first-order valence-corrected chi connectivity index (χ1v) is 9.56. The highest BCUT2D eigenvalue weighted by Gasteiger charge is 2.13. The van der Waals surface area contributed by atoms with E-state index in [0.717, 1.165) is 45.9 Å². The molecule has 3 aromatic carbocycles. The van der Waals surface area contributed by atoms with Crippen LogP contribution in [-0.4, -0.2) is 16.2 Å². The number of carbonyl (C=O) groups is 1. The molecule has 0 radical (unpaired) electrons. The summed E-state index contributed by atoms with van der Waals surface area (Å²) in [7, 11) is 0. The van der Waals surface area contributed by atoms with E-state index in [9.17, 15) is 9.90 Å². The zero-order valence-corrected chi connectivity index (χ0v) is 16.5. The molecule has 4 nitrogen and oxygen atoms in total. The second-order valence-electron chi connectivity index (χ2n) is 6.74. The fourth-order valence-corrected chi connectivity index (χ4v) is 3.34. The molecule has 0 saturated heterocycles. The van der Waals surface area contributed by atoms with E-state index in [1.165, 1.54) is 0 Å². The molecule has 0 fully saturated rings. The minimum atomic E-state index is -0.988. The van der Waals surface area contributed by atoms with Crippen LogP contribution in [0.15, 0.2) is 78.9 Å². The number of aliphatic carboxylic acids is 1. The number of allylic oxidation sites excluding steroid dienone is 1. The molecule has 0 amide bonds. The van der Waals surface area contributed by atoms with Gasteiger partial charge in [0, 0.05) is 6.08 Å². The Morgan fingerprint density at radius 2 is 1.43 bits per heavy atom. The molecule has 30 heavy (non-hydrogen) atoms. The predicted molar refractivity (Wildman–Crippen MR) is 119 cm³/mol. The fourth-order valence-electron chi connectivity index (χ4n) is 3.34. The molecule has 3 rings (SSSR count). The molecule has 148 valence electrons. The van der Waals surface area contributed by atoms with E-state index in [4.69, 9.17) is 10.4 Å². The number of nitrogens with zero attached hydrogens (tertiary/aromatic N) is 1.